The van der Waals surface area contributed by atoms with Crippen LogP contribution in [0.5, 0.6) is 0 Å². The van der Waals surface area contributed by atoms with E-state index < -0.39 is 0 Å². The lowest BCUT2D eigenvalue weighted by Gasteiger charge is -2.24. The number of benzene rings is 1. The summed E-state index contributed by atoms with van der Waals surface area (Å²) in [6, 6.07) is 6.29. The second-order valence-corrected chi connectivity index (χ2v) is 4.04. The minimum Gasteiger partial charge on any atom is -0.326 e. The second-order valence-electron chi connectivity index (χ2n) is 4.04. The van der Waals surface area contributed by atoms with Crippen molar-refractivity contribution in [2.24, 2.45) is 5.84 Å². The maximum Gasteiger partial charge on any atom is 0.148 e. The molecule has 0 bridgehead atoms. The van der Waals surface area contributed by atoms with Gasteiger partial charge in [-0.2, -0.15) is 0 Å². The third kappa shape index (κ3) is 2.63. The highest BCUT2D eigenvalue weighted by Crippen LogP contribution is 2.28. The maximum absolute atomic E-state index is 13.0. The maximum atomic E-state index is 13.0. The van der Waals surface area contributed by atoms with Crippen LogP contribution in [-0.2, 0) is 0 Å². The van der Waals surface area contributed by atoms with Gasteiger partial charge in [-0.25, -0.2) is 20.2 Å². The van der Waals surface area contributed by atoms with Crippen molar-refractivity contribution in [3.8, 4) is 0 Å². The summed E-state index contributed by atoms with van der Waals surface area (Å²) < 4.78 is 13.0. The van der Waals surface area contributed by atoms with E-state index in [0.29, 0.717) is 12.4 Å². The van der Waals surface area contributed by atoms with E-state index in [0.717, 1.165) is 17.1 Å². The average molecular weight is 261 g/mol. The van der Waals surface area contributed by atoms with Crippen molar-refractivity contribution in [1.82, 2.24) is 9.97 Å². The molecule has 0 atom stereocenters. The van der Waals surface area contributed by atoms with Gasteiger partial charge in [0.15, 0.2) is 0 Å². The van der Waals surface area contributed by atoms with Gasteiger partial charge in [0.25, 0.3) is 0 Å². The Kier molecular flexibility index (Phi) is 3.91. The van der Waals surface area contributed by atoms with Crippen molar-refractivity contribution in [3.63, 3.8) is 0 Å². The Bertz CT molecular complexity index is 555. The van der Waals surface area contributed by atoms with Crippen LogP contribution in [0.15, 0.2) is 30.6 Å². The monoisotopic (exact) mass is 261 g/mol. The summed E-state index contributed by atoms with van der Waals surface area (Å²) in [5.74, 6) is 6.47. The molecule has 0 amide bonds. The molecule has 3 N–H and O–H groups in total. The molecule has 1 aromatic heterocycles. The highest BCUT2D eigenvalue weighted by molar-refractivity contribution is 5.66. The van der Waals surface area contributed by atoms with Crippen LogP contribution >= 0.6 is 0 Å². The molecule has 1 aromatic carbocycles. The number of halogens is 1. The average Bonchev–Trinajstić information content (AvgIpc) is 2.43. The molecule has 100 valence electrons. The summed E-state index contributed by atoms with van der Waals surface area (Å²) in [4.78, 5) is 10.3. The lowest BCUT2D eigenvalue weighted by molar-refractivity contribution is 0.627. The molecule has 0 aliphatic heterocycles. The topological polar surface area (TPSA) is 67.1 Å². The van der Waals surface area contributed by atoms with Gasteiger partial charge in [0.05, 0.1) is 0 Å². The highest BCUT2D eigenvalue weighted by Gasteiger charge is 2.14. The first-order valence-electron chi connectivity index (χ1n) is 5.98. The van der Waals surface area contributed by atoms with Crippen LogP contribution in [0, 0.1) is 12.7 Å². The van der Waals surface area contributed by atoms with Gasteiger partial charge < -0.3 is 10.3 Å². The number of nitrogens with zero attached hydrogens (tertiary/aromatic N) is 3. The molecule has 0 saturated heterocycles. The van der Waals surface area contributed by atoms with Gasteiger partial charge in [0, 0.05) is 17.8 Å². The molecule has 0 radical (unpaired) electrons. The molecule has 0 fully saturated rings. The van der Waals surface area contributed by atoms with E-state index in [1.807, 2.05) is 18.7 Å². The number of hydrazine groups is 1. The molecule has 6 heteroatoms. The van der Waals surface area contributed by atoms with E-state index in [1.165, 1.54) is 18.5 Å². The van der Waals surface area contributed by atoms with Crippen molar-refractivity contribution < 1.29 is 4.39 Å². The Balaban J connectivity index is 2.45. The first kappa shape index (κ1) is 13.2. The third-order valence-corrected chi connectivity index (χ3v) is 2.90. The molecule has 2 rings (SSSR count). The predicted molar refractivity (Wildman–Crippen MR) is 73.7 cm³/mol. The Morgan fingerprint density at radius 3 is 2.53 bits per heavy atom. The smallest absolute Gasteiger partial charge is 0.148 e. The third-order valence-electron chi connectivity index (χ3n) is 2.90. The predicted octanol–water partition coefficient (Wildman–Crippen LogP) is 2.37. The fourth-order valence-electron chi connectivity index (χ4n) is 1.93. The normalized spacial score (nSPS) is 10.3. The van der Waals surface area contributed by atoms with Crippen LogP contribution < -0.4 is 16.2 Å². The number of aromatic nitrogens is 2. The summed E-state index contributed by atoms with van der Waals surface area (Å²) in [5.41, 5.74) is 4.25. The van der Waals surface area contributed by atoms with Gasteiger partial charge in [0.1, 0.15) is 23.8 Å². The van der Waals surface area contributed by atoms with Gasteiger partial charge in [-0.15, -0.1) is 0 Å². The van der Waals surface area contributed by atoms with Crippen LogP contribution in [0.4, 0.5) is 21.7 Å². The lowest BCUT2D eigenvalue weighted by atomic mass is 10.2. The molecular formula is C13H16FN5. The van der Waals surface area contributed by atoms with E-state index in [9.17, 15) is 4.39 Å². The van der Waals surface area contributed by atoms with Gasteiger partial charge in [-0.3, -0.25) is 0 Å². The molecule has 0 aliphatic carbocycles. The zero-order valence-corrected chi connectivity index (χ0v) is 10.9. The van der Waals surface area contributed by atoms with Gasteiger partial charge >= 0.3 is 0 Å². The van der Waals surface area contributed by atoms with E-state index in [2.05, 4.69) is 15.4 Å². The Morgan fingerprint density at radius 1 is 1.26 bits per heavy atom. The number of hydrogen-bond donors (Lipinski definition) is 2. The second kappa shape index (κ2) is 5.62. The van der Waals surface area contributed by atoms with E-state index in [1.54, 1.807) is 12.1 Å². The van der Waals surface area contributed by atoms with Gasteiger partial charge in [-0.05, 0) is 38.1 Å². The Hall–Kier alpha value is -2.21. The van der Waals surface area contributed by atoms with Crippen molar-refractivity contribution in [1.29, 1.82) is 0 Å². The number of hydrogen-bond acceptors (Lipinski definition) is 5. The SMILES string of the molecule is CCN(c1ccc(F)cc1)c1ncnc(NN)c1C. The molecule has 2 aromatic rings. The molecule has 0 saturated carbocycles. The first-order valence-corrected chi connectivity index (χ1v) is 5.98. The van der Waals surface area contributed by atoms with Crippen molar-refractivity contribution in [2.75, 3.05) is 16.9 Å². The molecule has 0 unspecified atom stereocenters. The van der Waals surface area contributed by atoms with Crippen LogP contribution in [0.25, 0.3) is 0 Å². The van der Waals surface area contributed by atoms with Gasteiger partial charge in [-0.1, -0.05) is 0 Å². The quantitative estimate of drug-likeness (QED) is 0.653. The standard InChI is InChI=1S/C13H16FN5/c1-3-19(11-6-4-10(14)5-7-11)13-9(2)12(18-15)16-8-17-13/h4-8H,3,15H2,1-2H3,(H,16,17,18). The molecule has 19 heavy (non-hydrogen) atoms. The number of nitrogen functional groups attached to an aromatic ring is 1. The largest absolute Gasteiger partial charge is 0.326 e. The van der Waals surface area contributed by atoms with E-state index in [4.69, 9.17) is 5.84 Å². The molecule has 5 nitrogen and oxygen atoms in total. The Labute approximate surface area is 111 Å². The molecular weight excluding hydrogens is 245 g/mol. The van der Waals surface area contributed by atoms with Crippen molar-refractivity contribution >= 4 is 17.3 Å². The lowest BCUT2D eigenvalue weighted by Crippen LogP contribution is -2.20. The van der Waals surface area contributed by atoms with Crippen LogP contribution in [-0.4, -0.2) is 16.5 Å². The summed E-state index contributed by atoms with van der Waals surface area (Å²) in [6.45, 7) is 4.59. The number of rotatable bonds is 4. The first-order chi connectivity index (χ1) is 9.17. The minimum atomic E-state index is -0.261. The van der Waals surface area contributed by atoms with E-state index in [-0.39, 0.29) is 5.82 Å². The minimum absolute atomic E-state index is 0.261. The van der Waals surface area contributed by atoms with Crippen LogP contribution in [0.3, 0.4) is 0 Å². The highest BCUT2D eigenvalue weighted by atomic mass is 19.1. The van der Waals surface area contributed by atoms with Crippen LogP contribution in [0.1, 0.15) is 12.5 Å². The molecule has 0 aliphatic rings. The van der Waals surface area contributed by atoms with E-state index >= 15 is 0 Å². The van der Waals surface area contributed by atoms with Crippen LogP contribution in [0.2, 0.25) is 0 Å². The summed E-state index contributed by atoms with van der Waals surface area (Å²) in [7, 11) is 0. The summed E-state index contributed by atoms with van der Waals surface area (Å²) in [6.07, 6.45) is 1.45. The fraction of sp³-hybridized carbons (Fsp3) is 0.231. The zero-order chi connectivity index (χ0) is 13.8. The molecule has 1 heterocycles. The fourth-order valence-corrected chi connectivity index (χ4v) is 1.93. The van der Waals surface area contributed by atoms with Crippen molar-refractivity contribution in [2.45, 2.75) is 13.8 Å². The molecule has 0 spiro atoms. The zero-order valence-electron chi connectivity index (χ0n) is 10.9. The Morgan fingerprint density at radius 2 is 1.95 bits per heavy atom. The number of nitrogens with one attached hydrogen (secondary N) is 1. The summed E-state index contributed by atoms with van der Waals surface area (Å²) in [5, 5.41) is 0. The van der Waals surface area contributed by atoms with Gasteiger partial charge in [0.2, 0.25) is 0 Å². The number of nitrogens with two attached hydrogens (primary N) is 1. The summed E-state index contributed by atoms with van der Waals surface area (Å²) >= 11 is 0. The van der Waals surface area contributed by atoms with Crippen molar-refractivity contribution in [3.05, 3.63) is 42.0 Å². The number of anilines is 3.